The van der Waals surface area contributed by atoms with Gasteiger partial charge in [-0.15, -0.1) is 0 Å². The average molecular weight is 248 g/mol. The second kappa shape index (κ2) is 5.87. The third kappa shape index (κ3) is 3.23. The zero-order valence-corrected chi connectivity index (χ0v) is 11.0. The van der Waals surface area contributed by atoms with Crippen molar-refractivity contribution in [2.45, 2.75) is 19.9 Å². The first-order valence-electron chi connectivity index (χ1n) is 6.36. The molecule has 0 saturated carbocycles. The van der Waals surface area contributed by atoms with E-state index in [9.17, 15) is 4.79 Å². The molecule has 0 bridgehead atoms. The number of carbonyl (C=O) groups excluding carboxylic acids is 1. The number of nitrogens with zero attached hydrogens (tertiary/aromatic N) is 1. The number of aryl methyl sites for hydroxylation is 1. The van der Waals surface area contributed by atoms with Gasteiger partial charge < -0.3 is 15.0 Å². The Morgan fingerprint density at radius 1 is 1.28 bits per heavy atom. The summed E-state index contributed by atoms with van der Waals surface area (Å²) >= 11 is 0. The van der Waals surface area contributed by atoms with Gasteiger partial charge in [-0.3, -0.25) is 4.79 Å². The molecule has 0 aliphatic carbocycles. The van der Waals surface area contributed by atoms with E-state index in [1.54, 1.807) is 0 Å². The molecule has 2 rings (SSSR count). The van der Waals surface area contributed by atoms with E-state index in [0.717, 1.165) is 5.69 Å². The predicted octanol–water partition coefficient (Wildman–Crippen LogP) is 1.65. The van der Waals surface area contributed by atoms with Gasteiger partial charge >= 0.3 is 0 Å². The summed E-state index contributed by atoms with van der Waals surface area (Å²) in [4.78, 5) is 14.0. The first-order chi connectivity index (χ1) is 8.66. The van der Waals surface area contributed by atoms with Crippen LogP contribution in [0.15, 0.2) is 24.3 Å². The fourth-order valence-corrected chi connectivity index (χ4v) is 2.02. The molecule has 0 radical (unpaired) electrons. The second-order valence-electron chi connectivity index (χ2n) is 4.67. The zero-order valence-electron chi connectivity index (χ0n) is 11.0. The molecule has 0 spiro atoms. The Hall–Kier alpha value is -1.55. The third-order valence-corrected chi connectivity index (χ3v) is 3.13. The maximum atomic E-state index is 12.2. The van der Waals surface area contributed by atoms with E-state index in [1.165, 1.54) is 5.56 Å². The Morgan fingerprint density at radius 2 is 1.89 bits per heavy atom. The van der Waals surface area contributed by atoms with Crippen LogP contribution in [0.3, 0.4) is 0 Å². The van der Waals surface area contributed by atoms with E-state index in [1.807, 2.05) is 43.0 Å². The van der Waals surface area contributed by atoms with Gasteiger partial charge in [0.2, 0.25) is 5.91 Å². The minimum absolute atomic E-state index is 0.138. The minimum atomic E-state index is -0.203. The first kappa shape index (κ1) is 12.9. The van der Waals surface area contributed by atoms with Crippen molar-refractivity contribution in [2.75, 3.05) is 31.6 Å². The van der Waals surface area contributed by atoms with Crippen molar-refractivity contribution in [3.05, 3.63) is 29.8 Å². The van der Waals surface area contributed by atoms with Crippen LogP contribution in [0.25, 0.3) is 0 Å². The summed E-state index contributed by atoms with van der Waals surface area (Å²) < 4.78 is 5.25. The number of hydrogen-bond donors (Lipinski definition) is 1. The Balaban J connectivity index is 1.92. The van der Waals surface area contributed by atoms with Crippen molar-refractivity contribution in [1.29, 1.82) is 0 Å². The first-order valence-corrected chi connectivity index (χ1v) is 6.36. The van der Waals surface area contributed by atoms with Crippen molar-refractivity contribution in [3.63, 3.8) is 0 Å². The number of nitrogens with one attached hydrogen (secondary N) is 1. The van der Waals surface area contributed by atoms with E-state index in [0.29, 0.717) is 26.3 Å². The van der Waals surface area contributed by atoms with Crippen molar-refractivity contribution in [1.82, 2.24) is 4.90 Å². The minimum Gasteiger partial charge on any atom is -0.378 e. The summed E-state index contributed by atoms with van der Waals surface area (Å²) in [5.74, 6) is 0.138. The summed E-state index contributed by atoms with van der Waals surface area (Å²) in [7, 11) is 0. The molecule has 1 saturated heterocycles. The summed E-state index contributed by atoms with van der Waals surface area (Å²) in [6.07, 6.45) is 0. The van der Waals surface area contributed by atoms with Crippen LogP contribution in [0.4, 0.5) is 5.69 Å². The van der Waals surface area contributed by atoms with Gasteiger partial charge in [0.25, 0.3) is 0 Å². The van der Waals surface area contributed by atoms with Gasteiger partial charge in [-0.2, -0.15) is 0 Å². The molecule has 4 nitrogen and oxygen atoms in total. The van der Waals surface area contributed by atoms with Crippen LogP contribution >= 0.6 is 0 Å². The lowest BCUT2D eigenvalue weighted by atomic mass is 10.2. The number of amides is 1. The summed E-state index contributed by atoms with van der Waals surface area (Å²) in [6.45, 7) is 6.62. The number of hydrogen-bond acceptors (Lipinski definition) is 3. The van der Waals surface area contributed by atoms with Gasteiger partial charge in [-0.1, -0.05) is 17.7 Å². The number of rotatable bonds is 3. The molecule has 1 aromatic rings. The summed E-state index contributed by atoms with van der Waals surface area (Å²) in [6, 6.07) is 7.87. The number of carbonyl (C=O) groups is 1. The van der Waals surface area contributed by atoms with E-state index in [4.69, 9.17) is 4.74 Å². The van der Waals surface area contributed by atoms with Crippen molar-refractivity contribution >= 4 is 11.6 Å². The molecule has 1 amide bonds. The maximum absolute atomic E-state index is 12.2. The quantitative estimate of drug-likeness (QED) is 0.884. The van der Waals surface area contributed by atoms with Gasteiger partial charge in [0.05, 0.1) is 13.2 Å². The number of morpholine rings is 1. The van der Waals surface area contributed by atoms with Crippen LogP contribution in [0.5, 0.6) is 0 Å². The third-order valence-electron chi connectivity index (χ3n) is 3.13. The normalized spacial score (nSPS) is 17.3. The molecule has 4 heteroatoms. The average Bonchev–Trinajstić information content (AvgIpc) is 2.41. The SMILES string of the molecule is Cc1ccc(NC(C)C(=O)N2CCOCC2)cc1. The number of anilines is 1. The molecule has 1 aliphatic rings. The summed E-state index contributed by atoms with van der Waals surface area (Å²) in [5, 5.41) is 3.23. The van der Waals surface area contributed by atoms with Crippen molar-refractivity contribution < 1.29 is 9.53 Å². The molecule has 1 aliphatic heterocycles. The Labute approximate surface area is 108 Å². The maximum Gasteiger partial charge on any atom is 0.244 e. The molecule has 1 aromatic carbocycles. The fraction of sp³-hybridized carbons (Fsp3) is 0.500. The lowest BCUT2D eigenvalue weighted by Gasteiger charge is -2.29. The van der Waals surface area contributed by atoms with Crippen LogP contribution < -0.4 is 5.32 Å². The van der Waals surface area contributed by atoms with Crippen molar-refractivity contribution in [3.8, 4) is 0 Å². The van der Waals surface area contributed by atoms with E-state index >= 15 is 0 Å². The highest BCUT2D eigenvalue weighted by molar-refractivity contribution is 5.84. The molecule has 0 aromatic heterocycles. The van der Waals surface area contributed by atoms with E-state index in [-0.39, 0.29) is 11.9 Å². The van der Waals surface area contributed by atoms with Crippen LogP contribution in [-0.2, 0) is 9.53 Å². The highest BCUT2D eigenvalue weighted by atomic mass is 16.5. The largest absolute Gasteiger partial charge is 0.378 e. The molecule has 1 unspecified atom stereocenters. The Morgan fingerprint density at radius 3 is 2.50 bits per heavy atom. The molecular weight excluding hydrogens is 228 g/mol. The van der Waals surface area contributed by atoms with Crippen molar-refractivity contribution in [2.24, 2.45) is 0 Å². The zero-order chi connectivity index (χ0) is 13.0. The Kier molecular flexibility index (Phi) is 4.20. The molecule has 18 heavy (non-hydrogen) atoms. The second-order valence-corrected chi connectivity index (χ2v) is 4.67. The van der Waals surface area contributed by atoms with Gasteiger partial charge in [0.1, 0.15) is 6.04 Å². The van der Waals surface area contributed by atoms with Crippen LogP contribution in [0, 0.1) is 6.92 Å². The molecule has 98 valence electrons. The fourth-order valence-electron chi connectivity index (χ4n) is 2.02. The number of ether oxygens (including phenoxy) is 1. The molecule has 1 N–H and O–H groups in total. The van der Waals surface area contributed by atoms with Crippen LogP contribution in [0.2, 0.25) is 0 Å². The van der Waals surface area contributed by atoms with Crippen LogP contribution in [0.1, 0.15) is 12.5 Å². The molecule has 1 heterocycles. The predicted molar refractivity (Wildman–Crippen MR) is 71.7 cm³/mol. The van der Waals surface area contributed by atoms with Crippen LogP contribution in [-0.4, -0.2) is 43.2 Å². The van der Waals surface area contributed by atoms with E-state index in [2.05, 4.69) is 5.32 Å². The van der Waals surface area contributed by atoms with E-state index < -0.39 is 0 Å². The lowest BCUT2D eigenvalue weighted by molar-refractivity contribution is -0.135. The van der Waals surface area contributed by atoms with Gasteiger partial charge in [0.15, 0.2) is 0 Å². The van der Waals surface area contributed by atoms with Gasteiger partial charge in [-0.05, 0) is 26.0 Å². The highest BCUT2D eigenvalue weighted by Crippen LogP contribution is 2.11. The smallest absolute Gasteiger partial charge is 0.244 e. The summed E-state index contributed by atoms with van der Waals surface area (Å²) in [5.41, 5.74) is 2.20. The number of benzene rings is 1. The molecule has 1 atom stereocenters. The topological polar surface area (TPSA) is 41.6 Å². The monoisotopic (exact) mass is 248 g/mol. The lowest BCUT2D eigenvalue weighted by Crippen LogP contribution is -2.46. The molecule has 1 fully saturated rings. The molecular formula is C14H20N2O2. The van der Waals surface area contributed by atoms with Gasteiger partial charge in [-0.25, -0.2) is 0 Å². The standard InChI is InChI=1S/C14H20N2O2/c1-11-3-5-13(6-4-11)15-12(2)14(17)16-7-9-18-10-8-16/h3-6,12,15H,7-10H2,1-2H3. The van der Waals surface area contributed by atoms with Gasteiger partial charge in [0, 0.05) is 18.8 Å². The highest BCUT2D eigenvalue weighted by Gasteiger charge is 2.22. The Bertz CT molecular complexity index is 397.